The minimum atomic E-state index is -2.25. The van der Waals surface area contributed by atoms with E-state index in [1.807, 2.05) is 13.0 Å². The van der Waals surface area contributed by atoms with E-state index in [0.29, 0.717) is 58.2 Å². The second-order valence-electron chi connectivity index (χ2n) is 9.98. The van der Waals surface area contributed by atoms with Gasteiger partial charge in [-0.05, 0) is 44.3 Å². The van der Waals surface area contributed by atoms with Crippen LogP contribution >= 0.6 is 24.0 Å². The molecule has 1 aromatic carbocycles. The normalized spacial score (nSPS) is 18.7. The second-order valence-corrected chi connectivity index (χ2v) is 16.2. The summed E-state index contributed by atoms with van der Waals surface area (Å²) in [6.07, 6.45) is 1.88. The van der Waals surface area contributed by atoms with E-state index in [-0.39, 0.29) is 17.4 Å². The van der Waals surface area contributed by atoms with Crippen molar-refractivity contribution in [1.29, 1.82) is 0 Å². The Hall–Kier alpha value is -1.78. The van der Waals surface area contributed by atoms with Crippen molar-refractivity contribution >= 4 is 49.2 Å². The van der Waals surface area contributed by atoms with Crippen LogP contribution in [0.3, 0.4) is 0 Å². The highest BCUT2D eigenvalue weighted by molar-refractivity contribution is 7.98. The molecular formula is C24H37NO6S2Si. The van der Waals surface area contributed by atoms with Gasteiger partial charge in [0.05, 0.1) is 24.3 Å². The average molecular weight is 528 g/mol. The highest BCUT2D eigenvalue weighted by Crippen LogP contribution is 2.42. The summed E-state index contributed by atoms with van der Waals surface area (Å²) in [5.74, 6) is 0.457. The number of carbonyl (C=O) groups is 2. The molecule has 7 nitrogen and oxygen atoms in total. The Kier molecular flexibility index (Phi) is 9.85. The van der Waals surface area contributed by atoms with E-state index in [1.165, 1.54) is 11.8 Å². The molecular weight excluding hydrogens is 490 g/mol. The Bertz CT molecular complexity index is 929. The molecule has 1 atom stereocenters. The molecule has 0 saturated heterocycles. The summed E-state index contributed by atoms with van der Waals surface area (Å²) in [4.78, 5) is 25.6. The molecule has 0 saturated carbocycles. The third-order valence-corrected chi connectivity index (χ3v) is 12.1. The van der Waals surface area contributed by atoms with Crippen molar-refractivity contribution in [3.63, 3.8) is 0 Å². The lowest BCUT2D eigenvalue weighted by Gasteiger charge is -2.37. The van der Waals surface area contributed by atoms with Crippen LogP contribution in [0.15, 0.2) is 6.07 Å². The molecule has 2 N–H and O–H groups in total. The molecule has 0 aromatic heterocycles. The monoisotopic (exact) mass is 527 g/mol. The zero-order valence-electron chi connectivity index (χ0n) is 21.2. The molecule has 2 rings (SSSR count). The standard InChI is InChI=1S/C24H37NO6S2Si/c1-15-18(29-5)12-19(31-34(6,7)24(2,3)4)16-13-33-14-17(22(26)27)25-20(32)10-8-9-11-30-23(28)21(15)16/h12,17H,8-11,13-14H2,1-7H3,(H,25,32)(H,26,27)/t17-/m0/s1. The van der Waals surface area contributed by atoms with Gasteiger partial charge in [0.2, 0.25) is 8.32 Å². The van der Waals surface area contributed by atoms with Gasteiger partial charge in [0.15, 0.2) is 0 Å². The fourth-order valence-corrected chi connectivity index (χ4v) is 5.68. The Morgan fingerprint density at radius 3 is 2.56 bits per heavy atom. The van der Waals surface area contributed by atoms with Gasteiger partial charge in [0.1, 0.15) is 17.5 Å². The fraction of sp³-hybridized carbons (Fsp3) is 0.625. The largest absolute Gasteiger partial charge is 0.543 e. The molecule has 1 heterocycles. The molecule has 0 bridgehead atoms. The molecule has 0 spiro atoms. The number of hydrogen-bond acceptors (Lipinski definition) is 7. The number of ether oxygens (including phenoxy) is 2. The average Bonchev–Trinajstić information content (AvgIpc) is 2.72. The second kappa shape index (κ2) is 11.8. The summed E-state index contributed by atoms with van der Waals surface area (Å²) in [7, 11) is -0.676. The number of esters is 1. The van der Waals surface area contributed by atoms with Crippen molar-refractivity contribution in [2.24, 2.45) is 0 Å². The van der Waals surface area contributed by atoms with E-state index in [2.05, 4.69) is 39.2 Å². The SMILES string of the molecule is COc1cc(O[Si](C)(C)C(C)(C)C)c2c(c1C)C(=O)OCCCCC(=S)N[C@H](C(=O)O)CSC2. The van der Waals surface area contributed by atoms with Crippen molar-refractivity contribution in [1.82, 2.24) is 5.32 Å². The van der Waals surface area contributed by atoms with Crippen molar-refractivity contribution in [3.05, 3.63) is 22.8 Å². The Labute approximate surface area is 213 Å². The summed E-state index contributed by atoms with van der Waals surface area (Å²) < 4.78 is 17.9. The maximum Gasteiger partial charge on any atom is 0.338 e. The number of nitrogens with one attached hydrogen (secondary N) is 1. The van der Waals surface area contributed by atoms with E-state index in [0.717, 1.165) is 0 Å². The number of benzene rings is 1. The van der Waals surface area contributed by atoms with Crippen LogP contribution in [-0.2, 0) is 15.3 Å². The first kappa shape index (κ1) is 28.5. The summed E-state index contributed by atoms with van der Waals surface area (Å²) in [5.41, 5.74) is 1.83. The molecule has 0 radical (unpaired) electrons. The summed E-state index contributed by atoms with van der Waals surface area (Å²) in [6, 6.07) is 1.04. The number of carboxylic acid groups (broad SMARTS) is 1. The number of cyclic esters (lactones) is 1. The molecule has 0 fully saturated rings. The highest BCUT2D eigenvalue weighted by atomic mass is 32.2. The van der Waals surface area contributed by atoms with E-state index < -0.39 is 26.3 Å². The number of methoxy groups -OCH3 is 1. The number of rotatable bonds is 4. The third kappa shape index (κ3) is 7.11. The first-order valence-corrected chi connectivity index (χ1v) is 15.9. The number of carbonyl (C=O) groups excluding carboxylic acids is 1. The van der Waals surface area contributed by atoms with Crippen LogP contribution in [0.4, 0.5) is 0 Å². The van der Waals surface area contributed by atoms with Crippen molar-refractivity contribution in [3.8, 4) is 11.5 Å². The molecule has 0 amide bonds. The minimum absolute atomic E-state index is 0.0543. The van der Waals surface area contributed by atoms with Crippen molar-refractivity contribution in [2.75, 3.05) is 19.5 Å². The minimum Gasteiger partial charge on any atom is -0.543 e. The van der Waals surface area contributed by atoms with Gasteiger partial charge in [0.25, 0.3) is 0 Å². The molecule has 0 aliphatic carbocycles. The lowest BCUT2D eigenvalue weighted by molar-refractivity contribution is -0.138. The van der Waals surface area contributed by atoms with Crippen molar-refractivity contribution in [2.45, 2.75) is 76.9 Å². The van der Waals surface area contributed by atoms with E-state index in [9.17, 15) is 14.7 Å². The molecule has 1 aliphatic rings. The van der Waals surface area contributed by atoms with E-state index >= 15 is 0 Å². The number of aliphatic carboxylic acids is 1. The number of hydrogen-bond donors (Lipinski definition) is 2. The van der Waals surface area contributed by atoms with Crippen LogP contribution in [0.2, 0.25) is 18.1 Å². The smallest absolute Gasteiger partial charge is 0.338 e. The van der Waals surface area contributed by atoms with Gasteiger partial charge in [-0.15, -0.1) is 0 Å². The third-order valence-electron chi connectivity index (χ3n) is 6.40. The van der Waals surface area contributed by atoms with Crippen LogP contribution in [-0.4, -0.2) is 55.9 Å². The Balaban J connectivity index is 2.57. The molecule has 1 aromatic rings. The summed E-state index contributed by atoms with van der Waals surface area (Å²) in [6.45, 7) is 12.8. The maximum atomic E-state index is 13.3. The highest BCUT2D eigenvalue weighted by Gasteiger charge is 2.40. The predicted octanol–water partition coefficient (Wildman–Crippen LogP) is 5.33. The van der Waals surface area contributed by atoms with Crippen LogP contribution in [0.5, 0.6) is 11.5 Å². The van der Waals surface area contributed by atoms with Gasteiger partial charge >= 0.3 is 11.9 Å². The molecule has 34 heavy (non-hydrogen) atoms. The van der Waals surface area contributed by atoms with Gasteiger partial charge < -0.3 is 24.3 Å². The molecule has 10 heteroatoms. The van der Waals surface area contributed by atoms with Crippen LogP contribution in [0, 0.1) is 6.92 Å². The number of carboxylic acids is 1. The van der Waals surface area contributed by atoms with E-state index in [4.69, 9.17) is 26.1 Å². The topological polar surface area (TPSA) is 94.1 Å². The zero-order valence-corrected chi connectivity index (χ0v) is 23.8. The number of fused-ring (bicyclic) bond motifs is 1. The first-order valence-electron chi connectivity index (χ1n) is 11.4. The zero-order chi connectivity index (χ0) is 25.7. The van der Waals surface area contributed by atoms with Crippen LogP contribution in [0.1, 0.15) is 61.5 Å². The van der Waals surface area contributed by atoms with Gasteiger partial charge in [-0.25, -0.2) is 9.59 Å². The van der Waals surface area contributed by atoms with Crippen LogP contribution in [0.25, 0.3) is 0 Å². The predicted molar refractivity (Wildman–Crippen MR) is 143 cm³/mol. The van der Waals surface area contributed by atoms with Gasteiger partial charge in [0, 0.05) is 28.7 Å². The lowest BCUT2D eigenvalue weighted by atomic mass is 10.0. The number of thioether (sulfide) groups is 1. The maximum absolute atomic E-state index is 13.3. The molecule has 0 unspecified atom stereocenters. The van der Waals surface area contributed by atoms with Gasteiger partial charge in [-0.1, -0.05) is 33.0 Å². The Morgan fingerprint density at radius 1 is 1.29 bits per heavy atom. The summed E-state index contributed by atoms with van der Waals surface area (Å²) >= 11 is 6.73. The fourth-order valence-electron chi connectivity index (χ4n) is 3.28. The van der Waals surface area contributed by atoms with Gasteiger partial charge in [-0.2, -0.15) is 11.8 Å². The van der Waals surface area contributed by atoms with E-state index in [1.54, 1.807) is 7.11 Å². The number of thiocarbonyl (C=S) groups is 1. The van der Waals surface area contributed by atoms with Crippen molar-refractivity contribution < 1.29 is 28.6 Å². The first-order chi connectivity index (χ1) is 15.8. The molecule has 1 aliphatic heterocycles. The van der Waals surface area contributed by atoms with Crippen LogP contribution < -0.4 is 14.5 Å². The quantitative estimate of drug-likeness (QED) is 0.306. The Morgan fingerprint density at radius 2 is 1.97 bits per heavy atom. The summed E-state index contributed by atoms with van der Waals surface area (Å²) in [5, 5.41) is 12.6. The van der Waals surface area contributed by atoms with Gasteiger partial charge in [-0.3, -0.25) is 0 Å². The molecule has 190 valence electrons. The lowest BCUT2D eigenvalue weighted by Crippen LogP contribution is -2.44.